The fraction of sp³-hybridized carbons (Fsp3) is 0.308. The Kier molecular flexibility index (Phi) is 4.04. The molecule has 0 aliphatic heterocycles. The van der Waals surface area contributed by atoms with Gasteiger partial charge in [0.15, 0.2) is 0 Å². The van der Waals surface area contributed by atoms with Gasteiger partial charge in [0.25, 0.3) is 5.56 Å². The van der Waals surface area contributed by atoms with Crippen molar-refractivity contribution >= 4 is 33.5 Å². The van der Waals surface area contributed by atoms with E-state index in [9.17, 15) is 4.79 Å². The summed E-state index contributed by atoms with van der Waals surface area (Å²) in [5, 5.41) is 1.05. The number of fused-ring (bicyclic) bond motifs is 1. The van der Waals surface area contributed by atoms with Gasteiger partial charge in [0.2, 0.25) is 0 Å². The van der Waals surface area contributed by atoms with E-state index in [4.69, 9.17) is 4.74 Å². The molecule has 0 spiro atoms. The molecule has 0 aliphatic carbocycles. The van der Waals surface area contributed by atoms with Gasteiger partial charge in [-0.15, -0.1) is 0 Å². The second-order valence-corrected chi connectivity index (χ2v) is 4.92. The minimum Gasteiger partial charge on any atom is -0.493 e. The van der Waals surface area contributed by atoms with Gasteiger partial charge >= 0.3 is 0 Å². The smallest absolute Gasteiger partial charge is 0.250 e. The minimum absolute atomic E-state index is 0.00177. The summed E-state index contributed by atoms with van der Waals surface area (Å²) < 4.78 is 8.36. The van der Waals surface area contributed by atoms with Crippen LogP contribution in [0.2, 0.25) is 0 Å². The van der Waals surface area contributed by atoms with E-state index in [0.717, 1.165) is 34.1 Å². The molecule has 0 bridgehead atoms. The van der Waals surface area contributed by atoms with Gasteiger partial charge in [0, 0.05) is 23.6 Å². The highest BCUT2D eigenvalue weighted by Gasteiger charge is 2.01. The van der Waals surface area contributed by atoms with Gasteiger partial charge in [-0.05, 0) is 30.0 Å². The van der Waals surface area contributed by atoms with Crippen LogP contribution < -0.4 is 10.3 Å². The predicted octanol–water partition coefficient (Wildman–Crippen LogP) is 2.74. The first-order valence-corrected chi connectivity index (χ1v) is 7.03. The Balaban J connectivity index is 2.35. The molecule has 1 heterocycles. The van der Waals surface area contributed by atoms with Gasteiger partial charge in [-0.3, -0.25) is 4.79 Å². The van der Waals surface area contributed by atoms with Crippen molar-refractivity contribution < 1.29 is 4.74 Å². The molecule has 0 fully saturated rings. The van der Waals surface area contributed by atoms with Crippen molar-refractivity contribution in [2.45, 2.75) is 6.42 Å². The summed E-state index contributed by atoms with van der Waals surface area (Å²) in [4.78, 5) is 11.5. The van der Waals surface area contributed by atoms with Crippen molar-refractivity contribution in [3.63, 3.8) is 0 Å². The molecule has 0 atom stereocenters. The first-order valence-electron chi connectivity index (χ1n) is 5.51. The van der Waals surface area contributed by atoms with E-state index in [2.05, 4.69) is 22.6 Å². The van der Waals surface area contributed by atoms with Crippen LogP contribution in [0.25, 0.3) is 10.9 Å². The van der Waals surface area contributed by atoms with Gasteiger partial charge in [-0.25, -0.2) is 0 Å². The van der Waals surface area contributed by atoms with E-state index in [-0.39, 0.29) is 5.56 Å². The van der Waals surface area contributed by atoms with Crippen LogP contribution in [0.3, 0.4) is 0 Å². The van der Waals surface area contributed by atoms with Crippen molar-refractivity contribution in [1.29, 1.82) is 0 Å². The lowest BCUT2D eigenvalue weighted by Gasteiger charge is -2.08. The molecule has 1 aromatic heterocycles. The zero-order valence-electron chi connectivity index (χ0n) is 9.65. The highest BCUT2D eigenvalue weighted by atomic mass is 127. The molecule has 17 heavy (non-hydrogen) atoms. The molecule has 0 saturated heterocycles. The van der Waals surface area contributed by atoms with E-state index in [0.29, 0.717) is 0 Å². The molecule has 3 nitrogen and oxygen atoms in total. The Bertz CT molecular complexity index is 577. The van der Waals surface area contributed by atoms with Crippen LogP contribution in [0.5, 0.6) is 5.75 Å². The number of rotatable bonds is 4. The third kappa shape index (κ3) is 2.80. The Morgan fingerprint density at radius 2 is 2.06 bits per heavy atom. The quantitative estimate of drug-likeness (QED) is 0.486. The molecule has 2 aromatic rings. The summed E-state index contributed by atoms with van der Waals surface area (Å²) in [5.41, 5.74) is 0.909. The Morgan fingerprint density at radius 1 is 1.29 bits per heavy atom. The highest BCUT2D eigenvalue weighted by molar-refractivity contribution is 14.1. The summed E-state index contributed by atoms with van der Waals surface area (Å²) in [5.74, 6) is 0.823. The topological polar surface area (TPSA) is 31.2 Å². The Hall–Kier alpha value is -1.04. The molecule has 0 aliphatic rings. The molecule has 0 unspecified atom stereocenters. The Morgan fingerprint density at radius 3 is 2.82 bits per heavy atom. The molecule has 0 radical (unpaired) electrons. The van der Waals surface area contributed by atoms with Crippen LogP contribution in [0.15, 0.2) is 35.1 Å². The molecule has 90 valence electrons. The normalized spacial score (nSPS) is 10.7. The number of nitrogens with zero attached hydrogens (tertiary/aromatic N) is 1. The van der Waals surface area contributed by atoms with Crippen LogP contribution in [0.4, 0.5) is 0 Å². The molecule has 2 rings (SSSR count). The second kappa shape index (κ2) is 5.53. The lowest BCUT2D eigenvalue weighted by Crippen LogP contribution is -2.15. The lowest BCUT2D eigenvalue weighted by molar-refractivity contribution is 0.320. The lowest BCUT2D eigenvalue weighted by atomic mass is 10.2. The van der Waals surface area contributed by atoms with Gasteiger partial charge in [-0.1, -0.05) is 22.6 Å². The summed E-state index contributed by atoms with van der Waals surface area (Å²) in [7, 11) is 1.78. The molecule has 0 saturated carbocycles. The average Bonchev–Trinajstić information content (AvgIpc) is 2.35. The largest absolute Gasteiger partial charge is 0.493 e. The zero-order valence-corrected chi connectivity index (χ0v) is 11.8. The maximum absolute atomic E-state index is 11.5. The summed E-state index contributed by atoms with van der Waals surface area (Å²) in [6.07, 6.45) is 1.03. The van der Waals surface area contributed by atoms with Gasteiger partial charge in [0.05, 0.1) is 12.1 Å². The first kappa shape index (κ1) is 12.4. The second-order valence-electron chi connectivity index (χ2n) is 3.84. The number of pyridine rings is 1. The predicted molar refractivity (Wildman–Crippen MR) is 78.2 cm³/mol. The van der Waals surface area contributed by atoms with Crippen molar-refractivity contribution in [3.05, 3.63) is 40.7 Å². The van der Waals surface area contributed by atoms with E-state index < -0.39 is 0 Å². The number of benzene rings is 1. The number of hydrogen-bond acceptors (Lipinski definition) is 2. The van der Waals surface area contributed by atoms with E-state index in [1.807, 2.05) is 24.3 Å². The number of halogens is 1. The minimum atomic E-state index is 0.00177. The summed E-state index contributed by atoms with van der Waals surface area (Å²) in [6.45, 7) is 0.717. The van der Waals surface area contributed by atoms with Crippen molar-refractivity contribution in [3.8, 4) is 5.75 Å². The van der Waals surface area contributed by atoms with Crippen molar-refractivity contribution in [2.75, 3.05) is 11.0 Å². The van der Waals surface area contributed by atoms with Crippen molar-refractivity contribution in [1.82, 2.24) is 4.57 Å². The van der Waals surface area contributed by atoms with Gasteiger partial charge < -0.3 is 9.30 Å². The summed E-state index contributed by atoms with van der Waals surface area (Å²) in [6, 6.07) is 9.27. The molecule has 0 N–H and O–H groups in total. The van der Waals surface area contributed by atoms with Crippen LogP contribution >= 0.6 is 22.6 Å². The third-order valence-electron chi connectivity index (χ3n) is 2.65. The maximum Gasteiger partial charge on any atom is 0.250 e. The highest BCUT2D eigenvalue weighted by Crippen LogP contribution is 2.19. The summed E-state index contributed by atoms with van der Waals surface area (Å²) >= 11 is 2.33. The van der Waals surface area contributed by atoms with Gasteiger partial charge in [0.1, 0.15) is 5.75 Å². The number of aryl methyl sites for hydroxylation is 1. The maximum atomic E-state index is 11.5. The van der Waals surface area contributed by atoms with E-state index >= 15 is 0 Å². The molecule has 4 heteroatoms. The first-order chi connectivity index (χ1) is 8.22. The van der Waals surface area contributed by atoms with E-state index in [1.54, 1.807) is 17.7 Å². The number of alkyl halides is 1. The van der Waals surface area contributed by atoms with E-state index in [1.165, 1.54) is 0 Å². The number of hydrogen-bond donors (Lipinski definition) is 0. The molecule has 0 amide bonds. The monoisotopic (exact) mass is 343 g/mol. The SMILES string of the molecule is Cn1c(=O)ccc2ccc(OCCCI)cc21. The van der Waals surface area contributed by atoms with Crippen LogP contribution in [-0.2, 0) is 7.05 Å². The van der Waals surface area contributed by atoms with Crippen LogP contribution in [-0.4, -0.2) is 15.6 Å². The standard InChI is InChI=1S/C13H14INO2/c1-15-12-9-11(17-8-2-7-14)5-3-10(12)4-6-13(15)16/h3-6,9H,2,7-8H2,1H3. The van der Waals surface area contributed by atoms with Crippen LogP contribution in [0.1, 0.15) is 6.42 Å². The number of ether oxygens (including phenoxy) is 1. The average molecular weight is 343 g/mol. The third-order valence-corrected chi connectivity index (χ3v) is 3.41. The Labute approximate surface area is 114 Å². The number of aromatic nitrogens is 1. The fourth-order valence-corrected chi connectivity index (χ4v) is 1.99. The molecular formula is C13H14INO2. The molecular weight excluding hydrogens is 329 g/mol. The van der Waals surface area contributed by atoms with Crippen LogP contribution in [0, 0.1) is 0 Å². The zero-order chi connectivity index (χ0) is 12.3. The van der Waals surface area contributed by atoms with Crippen molar-refractivity contribution in [2.24, 2.45) is 7.05 Å². The van der Waals surface area contributed by atoms with Gasteiger partial charge in [-0.2, -0.15) is 0 Å². The molecule has 1 aromatic carbocycles. The fourth-order valence-electron chi connectivity index (χ4n) is 1.68.